The van der Waals surface area contributed by atoms with E-state index in [1.807, 2.05) is 13.8 Å². The number of carbonyl (C=O) groups is 3. The van der Waals surface area contributed by atoms with Crippen LogP contribution in [0.25, 0.3) is 0 Å². The zero-order chi connectivity index (χ0) is 16.1. The van der Waals surface area contributed by atoms with Crippen molar-refractivity contribution in [1.29, 1.82) is 0 Å². The summed E-state index contributed by atoms with van der Waals surface area (Å²) < 4.78 is 5.04. The fourth-order valence-electron chi connectivity index (χ4n) is 2.02. The second-order valence-corrected chi connectivity index (χ2v) is 5.53. The van der Waals surface area contributed by atoms with Gasteiger partial charge in [0.15, 0.2) is 5.82 Å². The van der Waals surface area contributed by atoms with Gasteiger partial charge in [0.25, 0.3) is 0 Å². The molecule has 1 aliphatic rings. The summed E-state index contributed by atoms with van der Waals surface area (Å²) in [6.07, 6.45) is 1.05. The van der Waals surface area contributed by atoms with Gasteiger partial charge < -0.3 is 15.2 Å². The highest BCUT2D eigenvalue weighted by Gasteiger charge is 2.26. The van der Waals surface area contributed by atoms with E-state index in [9.17, 15) is 14.4 Å². The molecule has 0 aromatic carbocycles. The van der Waals surface area contributed by atoms with Crippen LogP contribution in [-0.2, 0) is 22.6 Å². The molecule has 2 heterocycles. The van der Waals surface area contributed by atoms with Crippen molar-refractivity contribution in [2.75, 3.05) is 0 Å². The molecule has 4 amide bonds. The van der Waals surface area contributed by atoms with Gasteiger partial charge in [-0.2, -0.15) is 4.98 Å². The fourth-order valence-corrected chi connectivity index (χ4v) is 2.02. The Bertz CT molecular complexity index is 569. The predicted octanol–water partition coefficient (Wildman–Crippen LogP) is -0.127. The first-order chi connectivity index (χ1) is 10.4. The molecule has 1 atom stereocenters. The zero-order valence-corrected chi connectivity index (χ0v) is 12.5. The standard InChI is InChI=1S/C13H19N5O4/c1-7(2)5-9-16-11(22-18-9)6-14-12(20)8-3-4-10(19)17-13(21)15-8/h7-8H,3-6H2,1-2H3,(H,14,20)(H2,15,17,19,21). The van der Waals surface area contributed by atoms with Crippen molar-refractivity contribution in [2.24, 2.45) is 5.92 Å². The minimum atomic E-state index is -0.760. The van der Waals surface area contributed by atoms with E-state index >= 15 is 0 Å². The third-order valence-electron chi connectivity index (χ3n) is 3.05. The largest absolute Gasteiger partial charge is 0.345 e. The summed E-state index contributed by atoms with van der Waals surface area (Å²) >= 11 is 0. The molecule has 1 saturated heterocycles. The van der Waals surface area contributed by atoms with Crippen LogP contribution >= 0.6 is 0 Å². The third kappa shape index (κ3) is 4.54. The van der Waals surface area contributed by atoms with Gasteiger partial charge in [-0.05, 0) is 12.3 Å². The van der Waals surface area contributed by atoms with Gasteiger partial charge in [0.05, 0.1) is 6.54 Å². The number of aromatic nitrogens is 2. The summed E-state index contributed by atoms with van der Waals surface area (Å²) in [6.45, 7) is 4.17. The number of hydrogen-bond acceptors (Lipinski definition) is 6. The molecule has 1 fully saturated rings. The average molecular weight is 309 g/mol. The van der Waals surface area contributed by atoms with Crippen molar-refractivity contribution in [3.8, 4) is 0 Å². The highest BCUT2D eigenvalue weighted by molar-refractivity contribution is 5.98. The van der Waals surface area contributed by atoms with E-state index in [2.05, 4.69) is 26.1 Å². The lowest BCUT2D eigenvalue weighted by Crippen LogP contribution is -2.48. The van der Waals surface area contributed by atoms with Crippen LogP contribution in [-0.4, -0.2) is 34.0 Å². The maximum atomic E-state index is 12.0. The van der Waals surface area contributed by atoms with Crippen LogP contribution in [0.5, 0.6) is 0 Å². The minimum Gasteiger partial charge on any atom is -0.345 e. The van der Waals surface area contributed by atoms with Crippen molar-refractivity contribution in [2.45, 2.75) is 45.7 Å². The van der Waals surface area contributed by atoms with Gasteiger partial charge in [-0.25, -0.2) is 4.79 Å². The van der Waals surface area contributed by atoms with Crippen molar-refractivity contribution in [1.82, 2.24) is 26.1 Å². The third-order valence-corrected chi connectivity index (χ3v) is 3.05. The molecule has 0 bridgehead atoms. The van der Waals surface area contributed by atoms with Crippen LogP contribution in [0.3, 0.4) is 0 Å². The molecule has 1 aliphatic heterocycles. The molecule has 0 saturated carbocycles. The predicted molar refractivity (Wildman–Crippen MR) is 74.4 cm³/mol. The maximum Gasteiger partial charge on any atom is 0.322 e. The molecule has 1 aromatic heterocycles. The number of amides is 4. The first kappa shape index (κ1) is 15.9. The van der Waals surface area contributed by atoms with Crippen LogP contribution in [0.4, 0.5) is 4.79 Å². The van der Waals surface area contributed by atoms with Gasteiger partial charge in [-0.15, -0.1) is 0 Å². The molecule has 9 nitrogen and oxygen atoms in total. The van der Waals surface area contributed by atoms with E-state index in [0.29, 0.717) is 24.1 Å². The summed E-state index contributed by atoms with van der Waals surface area (Å²) in [4.78, 5) is 38.7. The molecule has 22 heavy (non-hydrogen) atoms. The van der Waals surface area contributed by atoms with Crippen molar-refractivity contribution < 1.29 is 18.9 Å². The number of urea groups is 1. The Morgan fingerprint density at radius 3 is 2.95 bits per heavy atom. The highest BCUT2D eigenvalue weighted by atomic mass is 16.5. The van der Waals surface area contributed by atoms with Crippen LogP contribution in [0.15, 0.2) is 4.52 Å². The normalized spacial score (nSPS) is 18.6. The summed E-state index contributed by atoms with van der Waals surface area (Å²) in [7, 11) is 0. The maximum absolute atomic E-state index is 12.0. The van der Waals surface area contributed by atoms with Crippen LogP contribution in [0.2, 0.25) is 0 Å². The summed E-state index contributed by atoms with van der Waals surface area (Å²) in [6, 6.07) is -1.43. The molecule has 3 N–H and O–H groups in total. The number of nitrogens with one attached hydrogen (secondary N) is 3. The lowest BCUT2D eigenvalue weighted by Gasteiger charge is -2.13. The van der Waals surface area contributed by atoms with Crippen molar-refractivity contribution in [3.05, 3.63) is 11.7 Å². The van der Waals surface area contributed by atoms with E-state index in [1.165, 1.54) is 0 Å². The van der Waals surface area contributed by atoms with E-state index in [0.717, 1.165) is 0 Å². The number of rotatable bonds is 5. The van der Waals surface area contributed by atoms with E-state index in [1.54, 1.807) is 0 Å². The zero-order valence-electron chi connectivity index (χ0n) is 12.5. The Hall–Kier alpha value is -2.45. The lowest BCUT2D eigenvalue weighted by atomic mass is 10.1. The molecular formula is C13H19N5O4. The van der Waals surface area contributed by atoms with Crippen molar-refractivity contribution >= 4 is 17.8 Å². The van der Waals surface area contributed by atoms with Gasteiger partial charge in [0.2, 0.25) is 17.7 Å². The number of imide groups is 1. The van der Waals surface area contributed by atoms with Gasteiger partial charge in [0, 0.05) is 12.8 Å². The Kier molecular flexibility index (Phi) is 5.08. The monoisotopic (exact) mass is 309 g/mol. The minimum absolute atomic E-state index is 0.0810. The Morgan fingerprint density at radius 1 is 1.45 bits per heavy atom. The van der Waals surface area contributed by atoms with Gasteiger partial charge in [-0.3, -0.25) is 14.9 Å². The summed E-state index contributed by atoms with van der Waals surface area (Å²) in [5.41, 5.74) is 0. The van der Waals surface area contributed by atoms with Crippen molar-refractivity contribution in [3.63, 3.8) is 0 Å². The summed E-state index contributed by atoms with van der Waals surface area (Å²) in [5.74, 6) is 0.512. The first-order valence-electron chi connectivity index (χ1n) is 7.13. The van der Waals surface area contributed by atoms with Gasteiger partial charge in [-0.1, -0.05) is 19.0 Å². The van der Waals surface area contributed by atoms with Gasteiger partial charge in [0.1, 0.15) is 6.04 Å². The van der Waals surface area contributed by atoms with Gasteiger partial charge >= 0.3 is 6.03 Å². The number of hydrogen-bond donors (Lipinski definition) is 3. The van der Waals surface area contributed by atoms with E-state index in [4.69, 9.17) is 4.52 Å². The first-order valence-corrected chi connectivity index (χ1v) is 7.13. The number of nitrogens with zero attached hydrogens (tertiary/aromatic N) is 2. The van der Waals surface area contributed by atoms with Crippen LogP contribution in [0, 0.1) is 5.92 Å². The Labute approximate surface area is 127 Å². The molecule has 1 aromatic rings. The Balaban J connectivity index is 1.85. The highest BCUT2D eigenvalue weighted by Crippen LogP contribution is 2.05. The number of carbonyl (C=O) groups excluding carboxylic acids is 3. The molecule has 0 radical (unpaired) electrons. The topological polar surface area (TPSA) is 126 Å². The molecule has 0 aliphatic carbocycles. The molecule has 2 rings (SSSR count). The quantitative estimate of drug-likeness (QED) is 0.695. The molecule has 9 heteroatoms. The Morgan fingerprint density at radius 2 is 2.23 bits per heavy atom. The average Bonchev–Trinajstić information content (AvgIpc) is 2.79. The smallest absolute Gasteiger partial charge is 0.322 e. The molecule has 120 valence electrons. The molecular weight excluding hydrogens is 290 g/mol. The second kappa shape index (κ2) is 7.01. The second-order valence-electron chi connectivity index (χ2n) is 5.53. The SMILES string of the molecule is CC(C)Cc1noc(CNC(=O)C2CCC(=O)NC(=O)N2)n1. The van der Waals surface area contributed by atoms with E-state index in [-0.39, 0.29) is 19.4 Å². The molecule has 0 spiro atoms. The molecule has 1 unspecified atom stereocenters. The van der Waals surface area contributed by atoms with Crippen LogP contribution < -0.4 is 16.0 Å². The lowest BCUT2D eigenvalue weighted by molar-refractivity contribution is -0.123. The van der Waals surface area contributed by atoms with E-state index < -0.39 is 23.9 Å². The summed E-state index contributed by atoms with van der Waals surface area (Å²) in [5, 5.41) is 11.0. The van der Waals surface area contributed by atoms with Crippen LogP contribution in [0.1, 0.15) is 38.4 Å². The fraction of sp³-hybridized carbons (Fsp3) is 0.615.